The summed E-state index contributed by atoms with van der Waals surface area (Å²) >= 11 is 3.36. The molecule has 7 heteroatoms. The number of nitrogens with zero attached hydrogens (tertiary/aromatic N) is 2. The van der Waals surface area contributed by atoms with Gasteiger partial charge in [-0.3, -0.25) is 10.2 Å². The van der Waals surface area contributed by atoms with E-state index in [1.807, 2.05) is 69.3 Å². The van der Waals surface area contributed by atoms with Gasteiger partial charge in [-0.15, -0.1) is 0 Å². The van der Waals surface area contributed by atoms with Crippen LogP contribution in [-0.4, -0.2) is 43.5 Å². The van der Waals surface area contributed by atoms with E-state index in [2.05, 4.69) is 26.2 Å². The van der Waals surface area contributed by atoms with Crippen molar-refractivity contribution in [2.75, 3.05) is 0 Å². The van der Waals surface area contributed by atoms with Gasteiger partial charge in [-0.05, 0) is 61.3 Å². The van der Waals surface area contributed by atoms with Crippen LogP contribution in [0.5, 0.6) is 0 Å². The predicted molar refractivity (Wildman–Crippen MR) is 113 cm³/mol. The van der Waals surface area contributed by atoms with Crippen molar-refractivity contribution in [3.05, 3.63) is 64.4 Å². The first kappa shape index (κ1) is 22.3. The summed E-state index contributed by atoms with van der Waals surface area (Å²) < 4.78 is 0.698. The van der Waals surface area contributed by atoms with E-state index in [9.17, 15) is 15.0 Å². The van der Waals surface area contributed by atoms with Gasteiger partial charge >= 0.3 is 6.09 Å². The molecule has 1 amide bonds. The van der Waals surface area contributed by atoms with Crippen LogP contribution in [0, 0.1) is 0 Å². The Bertz CT molecular complexity index is 793. The minimum absolute atomic E-state index is 0.303. The fourth-order valence-corrected chi connectivity index (χ4v) is 3.84. The molecule has 0 radical (unpaired) electrons. The van der Waals surface area contributed by atoms with E-state index in [1.165, 1.54) is 4.90 Å². The molecule has 0 bridgehead atoms. The molecule has 1 heterocycles. The van der Waals surface area contributed by atoms with Crippen molar-refractivity contribution in [2.45, 2.75) is 58.0 Å². The van der Waals surface area contributed by atoms with Crippen LogP contribution in [0.1, 0.15) is 39.0 Å². The summed E-state index contributed by atoms with van der Waals surface area (Å²) in [5.41, 5.74) is -0.314. The number of halogens is 1. The molecular weight excluding hydrogens is 422 g/mol. The zero-order valence-electron chi connectivity index (χ0n) is 16.7. The summed E-state index contributed by atoms with van der Waals surface area (Å²) in [4.78, 5) is 18.0. The molecule has 2 rings (SSSR count). The Balaban J connectivity index is 2.51. The quantitative estimate of drug-likeness (QED) is 0.438. The number of carboxylic acid groups (broad SMARTS) is 1. The van der Waals surface area contributed by atoms with E-state index in [0.717, 1.165) is 11.3 Å². The largest absolute Gasteiger partial charge is 0.465 e. The van der Waals surface area contributed by atoms with Gasteiger partial charge in [0, 0.05) is 18.5 Å². The Morgan fingerprint density at radius 3 is 2.32 bits per heavy atom. The molecule has 1 aromatic heterocycles. The van der Waals surface area contributed by atoms with Gasteiger partial charge in [-0.2, -0.15) is 0 Å². The van der Waals surface area contributed by atoms with Crippen LogP contribution in [0.15, 0.2) is 53.1 Å². The lowest BCUT2D eigenvalue weighted by atomic mass is 9.88. The number of aliphatic hydroxyl groups is 1. The average Bonchev–Trinajstić information content (AvgIpc) is 2.59. The molecule has 2 atom stereocenters. The van der Waals surface area contributed by atoms with Gasteiger partial charge in [0.05, 0.1) is 11.8 Å². The van der Waals surface area contributed by atoms with Crippen LogP contribution in [0.3, 0.4) is 0 Å². The molecule has 0 fully saturated rings. The van der Waals surface area contributed by atoms with Crippen LogP contribution in [0.25, 0.3) is 0 Å². The maximum atomic E-state index is 12.3. The highest BCUT2D eigenvalue weighted by Crippen LogP contribution is 2.31. The summed E-state index contributed by atoms with van der Waals surface area (Å²) in [6.07, 6.45) is -1.77. The smallest absolute Gasteiger partial charge is 0.409 e. The zero-order valence-corrected chi connectivity index (χ0v) is 18.3. The third-order valence-electron chi connectivity index (χ3n) is 4.62. The minimum Gasteiger partial charge on any atom is -0.465 e. The van der Waals surface area contributed by atoms with Gasteiger partial charge < -0.3 is 10.2 Å². The average molecular weight is 450 g/mol. The van der Waals surface area contributed by atoms with E-state index in [4.69, 9.17) is 0 Å². The molecular formula is C21H28BrN3O3. The lowest BCUT2D eigenvalue weighted by Gasteiger charge is -2.51. The van der Waals surface area contributed by atoms with Crippen molar-refractivity contribution in [2.24, 2.45) is 0 Å². The summed E-state index contributed by atoms with van der Waals surface area (Å²) in [6, 6.07) is 15.1. The Hall–Kier alpha value is -1.96. The fourth-order valence-electron chi connectivity index (χ4n) is 3.46. The molecule has 28 heavy (non-hydrogen) atoms. The molecule has 6 nitrogen and oxygen atoms in total. The zero-order chi connectivity index (χ0) is 20.9. The molecule has 0 saturated heterocycles. The van der Waals surface area contributed by atoms with Gasteiger partial charge in [0.15, 0.2) is 0 Å². The summed E-state index contributed by atoms with van der Waals surface area (Å²) in [7, 11) is 0. The van der Waals surface area contributed by atoms with Crippen LogP contribution >= 0.6 is 15.9 Å². The first-order valence-electron chi connectivity index (χ1n) is 9.18. The number of hydrogen-bond donors (Lipinski definition) is 3. The molecule has 2 aromatic rings. The van der Waals surface area contributed by atoms with Crippen molar-refractivity contribution in [3.8, 4) is 0 Å². The molecule has 0 aliphatic carbocycles. The number of amides is 1. The van der Waals surface area contributed by atoms with Crippen molar-refractivity contribution < 1.29 is 15.0 Å². The van der Waals surface area contributed by atoms with Crippen LogP contribution in [-0.2, 0) is 13.0 Å². The number of hydrogen-bond acceptors (Lipinski definition) is 4. The summed E-state index contributed by atoms with van der Waals surface area (Å²) in [5.74, 6) is 0. The normalized spacial score (nSPS) is 14.9. The summed E-state index contributed by atoms with van der Waals surface area (Å²) in [5, 5.41) is 24.2. The van der Waals surface area contributed by atoms with Gasteiger partial charge in [0.1, 0.15) is 10.3 Å². The fraction of sp³-hybridized carbons (Fsp3) is 0.429. The lowest BCUT2D eigenvalue weighted by molar-refractivity contribution is -0.0741. The molecule has 3 N–H and O–H groups in total. The molecule has 0 aliphatic rings. The second-order valence-electron chi connectivity index (χ2n) is 7.86. The van der Waals surface area contributed by atoms with Crippen molar-refractivity contribution in [3.63, 3.8) is 0 Å². The maximum Gasteiger partial charge on any atom is 0.409 e. The Morgan fingerprint density at radius 1 is 1.18 bits per heavy atom. The van der Waals surface area contributed by atoms with Crippen molar-refractivity contribution in [1.82, 2.24) is 15.2 Å². The Morgan fingerprint density at radius 2 is 1.82 bits per heavy atom. The number of benzene rings is 1. The summed E-state index contributed by atoms with van der Waals surface area (Å²) in [6.45, 7) is 7.38. The van der Waals surface area contributed by atoms with Gasteiger partial charge in [-0.1, -0.05) is 36.4 Å². The number of carbonyl (C=O) groups is 1. The van der Waals surface area contributed by atoms with Gasteiger partial charge in [-0.25, -0.2) is 9.78 Å². The number of nitrogens with one attached hydrogen (secondary N) is 1. The second-order valence-corrected chi connectivity index (χ2v) is 8.67. The number of pyridine rings is 1. The monoisotopic (exact) mass is 449 g/mol. The van der Waals surface area contributed by atoms with Crippen LogP contribution in [0.4, 0.5) is 4.79 Å². The number of rotatable bonds is 7. The molecule has 0 aliphatic heterocycles. The van der Waals surface area contributed by atoms with Crippen molar-refractivity contribution >= 4 is 22.0 Å². The number of aliphatic hydroxyl groups excluding tert-OH is 1. The van der Waals surface area contributed by atoms with E-state index in [0.29, 0.717) is 17.6 Å². The highest BCUT2D eigenvalue weighted by molar-refractivity contribution is 9.10. The highest BCUT2D eigenvalue weighted by atomic mass is 79.9. The lowest BCUT2D eigenvalue weighted by Crippen LogP contribution is -2.71. The topological polar surface area (TPSA) is 85.7 Å². The first-order valence-corrected chi connectivity index (χ1v) is 9.97. The van der Waals surface area contributed by atoms with E-state index in [1.54, 1.807) is 6.92 Å². The molecule has 152 valence electrons. The van der Waals surface area contributed by atoms with E-state index >= 15 is 0 Å². The second kappa shape index (κ2) is 9.03. The standard InChI is InChI=1S/C21H28BrN3O3/c1-15(26)21(13-16-9-6-5-7-10-16,25(19(27)28)20(2,3)4)23-14-17-11-8-12-18(22)24-17/h5-12,15,23,26H,13-14H2,1-4H3,(H,27,28). The van der Waals surface area contributed by atoms with Gasteiger partial charge in [0.2, 0.25) is 0 Å². The molecule has 2 unspecified atom stereocenters. The Labute approximate surface area is 174 Å². The van der Waals surface area contributed by atoms with Crippen molar-refractivity contribution in [1.29, 1.82) is 0 Å². The Kier molecular flexibility index (Phi) is 7.20. The SMILES string of the molecule is CC(O)C(Cc1ccccc1)(NCc1cccc(Br)n1)N(C(=O)O)C(C)(C)C. The first-order chi connectivity index (χ1) is 13.1. The van der Waals surface area contributed by atoms with E-state index in [-0.39, 0.29) is 0 Å². The van der Waals surface area contributed by atoms with E-state index < -0.39 is 23.4 Å². The minimum atomic E-state index is -1.24. The molecule has 0 spiro atoms. The third kappa shape index (κ3) is 5.31. The molecule has 1 aromatic carbocycles. The van der Waals surface area contributed by atoms with Crippen LogP contribution in [0.2, 0.25) is 0 Å². The highest BCUT2D eigenvalue weighted by Gasteiger charge is 2.48. The molecule has 0 saturated carbocycles. The number of aromatic nitrogens is 1. The predicted octanol–water partition coefficient (Wildman–Crippen LogP) is 4.03. The van der Waals surface area contributed by atoms with Gasteiger partial charge in [0.25, 0.3) is 0 Å². The van der Waals surface area contributed by atoms with Crippen LogP contribution < -0.4 is 5.32 Å². The maximum absolute atomic E-state index is 12.3. The third-order valence-corrected chi connectivity index (χ3v) is 5.06.